The summed E-state index contributed by atoms with van der Waals surface area (Å²) in [6.07, 6.45) is 0.416. The highest BCUT2D eigenvalue weighted by Gasteiger charge is 2.48. The second kappa shape index (κ2) is 8.83. The second-order valence-corrected chi connectivity index (χ2v) is 9.92. The van der Waals surface area contributed by atoms with Crippen LogP contribution in [0.4, 0.5) is 0 Å². The number of benzene rings is 3. The zero-order valence-corrected chi connectivity index (χ0v) is 19.4. The van der Waals surface area contributed by atoms with Crippen molar-refractivity contribution in [1.29, 1.82) is 0 Å². The molecule has 0 aromatic heterocycles. The van der Waals surface area contributed by atoms with E-state index in [-0.39, 0.29) is 11.3 Å². The molecule has 0 radical (unpaired) electrons. The first kappa shape index (κ1) is 22.7. The quantitative estimate of drug-likeness (QED) is 0.520. The Morgan fingerprint density at radius 2 is 1.75 bits per heavy atom. The lowest BCUT2D eigenvalue weighted by atomic mass is 9.78. The number of carbonyl (C=O) groups excluding carboxylic acids is 1. The Labute approximate surface area is 192 Å². The summed E-state index contributed by atoms with van der Waals surface area (Å²) in [6.45, 7) is 0. The lowest BCUT2D eigenvalue weighted by molar-refractivity contribution is -0.139. The highest BCUT2D eigenvalue weighted by Crippen LogP contribution is 2.45. The van der Waals surface area contributed by atoms with Gasteiger partial charge in [-0.05, 0) is 41.5 Å². The minimum absolute atomic E-state index is 0.0541. The molecule has 0 aliphatic heterocycles. The van der Waals surface area contributed by atoms with Crippen LogP contribution in [0.15, 0.2) is 65.6 Å². The molecule has 8 heteroatoms. The molecule has 0 bridgehead atoms. The number of hydrogen-bond donors (Lipinski definition) is 1. The van der Waals surface area contributed by atoms with E-state index in [1.807, 2.05) is 24.3 Å². The lowest BCUT2D eigenvalue weighted by Crippen LogP contribution is -2.47. The van der Waals surface area contributed by atoms with Crippen molar-refractivity contribution in [3.05, 3.63) is 76.8 Å². The number of carbonyl (C=O) groups is 1. The zero-order chi connectivity index (χ0) is 22.9. The van der Waals surface area contributed by atoms with Crippen molar-refractivity contribution in [2.24, 2.45) is 0 Å². The van der Waals surface area contributed by atoms with E-state index < -0.39 is 27.6 Å². The first-order valence-corrected chi connectivity index (χ1v) is 12.1. The van der Waals surface area contributed by atoms with Gasteiger partial charge in [0.25, 0.3) is 10.0 Å². The SMILES string of the molecule is COC(CC1(C(=O)NS(=O)(=O)c2cccc3ccccc23)CCc2c(Cl)cccc21)OC. The lowest BCUT2D eigenvalue weighted by Gasteiger charge is -2.32. The third kappa shape index (κ3) is 3.90. The van der Waals surface area contributed by atoms with Crippen molar-refractivity contribution in [2.45, 2.75) is 35.9 Å². The number of halogens is 1. The molecule has 0 fully saturated rings. The number of hydrogen-bond acceptors (Lipinski definition) is 5. The fourth-order valence-corrected chi connectivity index (χ4v) is 6.08. The van der Waals surface area contributed by atoms with Gasteiger partial charge in [0.1, 0.15) is 0 Å². The van der Waals surface area contributed by atoms with E-state index in [9.17, 15) is 13.2 Å². The summed E-state index contributed by atoms with van der Waals surface area (Å²) in [5.41, 5.74) is 0.390. The third-order valence-electron chi connectivity index (χ3n) is 6.18. The van der Waals surface area contributed by atoms with Crippen LogP contribution in [0.1, 0.15) is 24.0 Å². The van der Waals surface area contributed by atoms with Crippen LogP contribution < -0.4 is 4.72 Å². The van der Waals surface area contributed by atoms with Crippen LogP contribution in [0.25, 0.3) is 10.8 Å². The van der Waals surface area contributed by atoms with Crippen LogP contribution in [0.3, 0.4) is 0 Å². The average molecular weight is 474 g/mol. The molecule has 6 nitrogen and oxygen atoms in total. The molecule has 3 aromatic carbocycles. The van der Waals surface area contributed by atoms with Crippen LogP contribution in [-0.2, 0) is 36.1 Å². The van der Waals surface area contributed by atoms with Gasteiger partial charge in [-0.25, -0.2) is 13.1 Å². The standard InChI is InChI=1S/C24H24ClNO5S/c1-30-22(31-2)15-24(14-13-18-19(24)10-6-11-20(18)25)23(27)26-32(28,29)21-12-5-8-16-7-3-4-9-17(16)21/h3-12,22H,13-15H2,1-2H3,(H,26,27). The number of rotatable bonds is 7. The Bertz CT molecular complexity index is 1270. The fraction of sp³-hybridized carbons (Fsp3) is 0.292. The Hall–Kier alpha value is -2.45. The van der Waals surface area contributed by atoms with E-state index in [4.69, 9.17) is 21.1 Å². The Morgan fingerprint density at radius 3 is 2.50 bits per heavy atom. The molecule has 0 saturated heterocycles. The minimum Gasteiger partial charge on any atom is -0.356 e. The van der Waals surface area contributed by atoms with E-state index in [1.165, 1.54) is 20.3 Å². The second-order valence-electron chi connectivity index (χ2n) is 7.87. The number of amides is 1. The molecule has 32 heavy (non-hydrogen) atoms. The van der Waals surface area contributed by atoms with Crippen molar-refractivity contribution >= 4 is 38.3 Å². The Morgan fingerprint density at radius 1 is 1.06 bits per heavy atom. The van der Waals surface area contributed by atoms with Gasteiger partial charge in [0.15, 0.2) is 6.29 Å². The summed E-state index contributed by atoms with van der Waals surface area (Å²) in [6, 6.07) is 17.5. The molecule has 1 aliphatic carbocycles. The van der Waals surface area contributed by atoms with Crippen molar-refractivity contribution < 1.29 is 22.7 Å². The van der Waals surface area contributed by atoms with Crippen LogP contribution in [0.5, 0.6) is 0 Å². The van der Waals surface area contributed by atoms with Crippen LogP contribution in [0.2, 0.25) is 5.02 Å². The molecule has 1 aliphatic rings. The van der Waals surface area contributed by atoms with Gasteiger partial charge in [0.05, 0.1) is 10.3 Å². The Kier molecular flexibility index (Phi) is 6.27. The van der Waals surface area contributed by atoms with Gasteiger partial charge in [0.2, 0.25) is 5.91 Å². The monoisotopic (exact) mass is 473 g/mol. The zero-order valence-electron chi connectivity index (χ0n) is 17.8. The molecule has 0 saturated carbocycles. The summed E-state index contributed by atoms with van der Waals surface area (Å²) in [5.74, 6) is -0.620. The molecule has 168 valence electrons. The van der Waals surface area contributed by atoms with Gasteiger partial charge >= 0.3 is 0 Å². The molecule has 3 aromatic rings. The molecule has 1 N–H and O–H groups in total. The van der Waals surface area contributed by atoms with Gasteiger partial charge in [-0.2, -0.15) is 0 Å². The summed E-state index contributed by atoms with van der Waals surface area (Å²) < 4.78 is 39.8. The third-order valence-corrected chi connectivity index (χ3v) is 7.92. The van der Waals surface area contributed by atoms with Crippen molar-refractivity contribution in [1.82, 2.24) is 4.72 Å². The first-order valence-electron chi connectivity index (χ1n) is 10.2. The van der Waals surface area contributed by atoms with Gasteiger partial charge in [-0.1, -0.05) is 60.1 Å². The van der Waals surface area contributed by atoms with Crippen LogP contribution in [-0.4, -0.2) is 34.8 Å². The summed E-state index contributed by atoms with van der Waals surface area (Å²) in [5, 5.41) is 1.88. The van der Waals surface area contributed by atoms with E-state index in [2.05, 4.69) is 4.72 Å². The smallest absolute Gasteiger partial charge is 0.264 e. The van der Waals surface area contributed by atoms with Crippen molar-refractivity contribution in [3.8, 4) is 0 Å². The topological polar surface area (TPSA) is 81.7 Å². The van der Waals surface area contributed by atoms with Gasteiger partial charge < -0.3 is 9.47 Å². The van der Waals surface area contributed by atoms with Crippen molar-refractivity contribution in [3.63, 3.8) is 0 Å². The predicted octanol–water partition coefficient (Wildman–Crippen LogP) is 4.19. The highest BCUT2D eigenvalue weighted by atomic mass is 35.5. The maximum atomic E-state index is 13.7. The van der Waals surface area contributed by atoms with Crippen LogP contribution >= 0.6 is 11.6 Å². The van der Waals surface area contributed by atoms with Gasteiger partial charge in [-0.15, -0.1) is 0 Å². The number of fused-ring (bicyclic) bond motifs is 2. The molecule has 0 spiro atoms. The van der Waals surface area contributed by atoms with Gasteiger partial charge in [0, 0.05) is 31.0 Å². The molecule has 1 atom stereocenters. The normalized spacial score (nSPS) is 18.1. The van der Waals surface area contributed by atoms with E-state index >= 15 is 0 Å². The Balaban J connectivity index is 1.77. The summed E-state index contributed by atoms with van der Waals surface area (Å²) in [7, 11) is -1.16. The molecule has 1 unspecified atom stereocenters. The van der Waals surface area contributed by atoms with Crippen LogP contribution in [0, 0.1) is 0 Å². The number of methoxy groups -OCH3 is 2. The predicted molar refractivity (Wildman–Crippen MR) is 123 cm³/mol. The molecular weight excluding hydrogens is 450 g/mol. The van der Waals surface area contributed by atoms with Gasteiger partial charge in [-0.3, -0.25) is 4.79 Å². The fourth-order valence-electron chi connectivity index (χ4n) is 4.53. The average Bonchev–Trinajstić information content (AvgIpc) is 3.17. The maximum absolute atomic E-state index is 13.7. The number of sulfonamides is 1. The summed E-state index contributed by atoms with van der Waals surface area (Å²) >= 11 is 6.39. The number of nitrogens with one attached hydrogen (secondary N) is 1. The molecule has 4 rings (SSSR count). The molecular formula is C24H24ClNO5S. The molecule has 1 amide bonds. The van der Waals surface area contributed by atoms with E-state index in [0.29, 0.717) is 28.8 Å². The number of ether oxygens (including phenoxy) is 2. The largest absolute Gasteiger partial charge is 0.356 e. The van der Waals surface area contributed by atoms with Crippen molar-refractivity contribution in [2.75, 3.05) is 14.2 Å². The minimum atomic E-state index is -4.14. The van der Waals surface area contributed by atoms with E-state index in [0.717, 1.165) is 10.9 Å². The highest BCUT2D eigenvalue weighted by molar-refractivity contribution is 7.90. The van der Waals surface area contributed by atoms with E-state index in [1.54, 1.807) is 30.3 Å². The summed E-state index contributed by atoms with van der Waals surface area (Å²) in [4.78, 5) is 13.7. The molecule has 0 heterocycles. The maximum Gasteiger partial charge on any atom is 0.264 e. The first-order chi connectivity index (χ1) is 15.3.